The molecule has 1 aliphatic heterocycles. The molecule has 0 saturated carbocycles. The van der Waals surface area contributed by atoms with Crippen LogP contribution in [0.2, 0.25) is 0 Å². The van der Waals surface area contributed by atoms with Gasteiger partial charge in [0.2, 0.25) is 5.76 Å². The third-order valence-corrected chi connectivity index (χ3v) is 1.69. The van der Waals surface area contributed by atoms with Crippen LogP contribution >= 0.6 is 0 Å². The summed E-state index contributed by atoms with van der Waals surface area (Å²) in [4.78, 5) is 9.97. The lowest BCUT2D eigenvalue weighted by Crippen LogP contribution is -2.39. The monoisotopic (exact) mass is 198 g/mol. The first-order valence-electron chi connectivity index (χ1n) is 4.49. The Bertz CT molecular complexity index is 244. The predicted molar refractivity (Wildman–Crippen MR) is 51.4 cm³/mol. The first-order chi connectivity index (χ1) is 6.80. The van der Waals surface area contributed by atoms with Crippen LogP contribution in [-0.4, -0.2) is 37.3 Å². The predicted octanol–water partition coefficient (Wildman–Crippen LogP) is 0.157. The lowest BCUT2D eigenvalue weighted by Gasteiger charge is -2.11. The minimum Gasteiger partial charge on any atom is -0.475 e. The zero-order chi connectivity index (χ0) is 10.2. The smallest absolute Gasteiger partial charge is 0.371 e. The second kappa shape index (κ2) is 6.17. The molecule has 3 N–H and O–H groups in total. The SMILES string of the molecule is C1CNCCN1.O=C(O)c1ccco1. The van der Waals surface area contributed by atoms with Crippen LogP contribution < -0.4 is 10.6 Å². The van der Waals surface area contributed by atoms with Gasteiger partial charge in [-0.05, 0) is 12.1 Å². The zero-order valence-electron chi connectivity index (χ0n) is 7.82. The van der Waals surface area contributed by atoms with Crippen molar-refractivity contribution in [1.82, 2.24) is 10.6 Å². The van der Waals surface area contributed by atoms with Crippen LogP contribution in [0.15, 0.2) is 22.8 Å². The van der Waals surface area contributed by atoms with Gasteiger partial charge in [0.05, 0.1) is 6.26 Å². The lowest BCUT2D eigenvalue weighted by atomic mass is 10.4. The van der Waals surface area contributed by atoms with E-state index in [0.29, 0.717) is 0 Å². The van der Waals surface area contributed by atoms with Crippen molar-refractivity contribution in [1.29, 1.82) is 0 Å². The number of nitrogens with one attached hydrogen (secondary N) is 2. The van der Waals surface area contributed by atoms with Crippen molar-refractivity contribution < 1.29 is 14.3 Å². The molecule has 14 heavy (non-hydrogen) atoms. The minimum atomic E-state index is -1.03. The molecule has 1 aromatic heterocycles. The van der Waals surface area contributed by atoms with Crippen molar-refractivity contribution in [3.8, 4) is 0 Å². The largest absolute Gasteiger partial charge is 0.475 e. The number of furan rings is 1. The van der Waals surface area contributed by atoms with E-state index in [4.69, 9.17) is 5.11 Å². The molecule has 1 fully saturated rings. The van der Waals surface area contributed by atoms with Gasteiger partial charge in [-0.2, -0.15) is 0 Å². The molecule has 5 nitrogen and oxygen atoms in total. The van der Waals surface area contributed by atoms with Crippen LogP contribution in [0.3, 0.4) is 0 Å². The number of aromatic carboxylic acids is 1. The highest BCUT2D eigenvalue weighted by atomic mass is 16.4. The van der Waals surface area contributed by atoms with Gasteiger partial charge in [0.15, 0.2) is 0 Å². The van der Waals surface area contributed by atoms with Gasteiger partial charge in [0.1, 0.15) is 0 Å². The first-order valence-corrected chi connectivity index (χ1v) is 4.49. The minimum absolute atomic E-state index is 0.0231. The van der Waals surface area contributed by atoms with Crippen molar-refractivity contribution >= 4 is 5.97 Å². The van der Waals surface area contributed by atoms with Gasteiger partial charge < -0.3 is 20.2 Å². The highest BCUT2D eigenvalue weighted by Crippen LogP contribution is 1.97. The molecule has 0 aromatic carbocycles. The van der Waals surface area contributed by atoms with E-state index in [1.807, 2.05) is 0 Å². The van der Waals surface area contributed by atoms with Gasteiger partial charge >= 0.3 is 5.97 Å². The Kier molecular flexibility index (Phi) is 4.74. The third kappa shape index (κ3) is 4.06. The van der Waals surface area contributed by atoms with E-state index >= 15 is 0 Å². The fourth-order valence-corrected chi connectivity index (χ4v) is 1.00. The fraction of sp³-hybridized carbons (Fsp3) is 0.444. The fourth-order valence-electron chi connectivity index (χ4n) is 1.00. The second-order valence-corrected chi connectivity index (χ2v) is 2.78. The normalized spacial score (nSPS) is 15.4. The Balaban J connectivity index is 0.000000146. The van der Waals surface area contributed by atoms with Gasteiger partial charge in [-0.15, -0.1) is 0 Å². The van der Waals surface area contributed by atoms with Crippen molar-refractivity contribution in [2.24, 2.45) is 0 Å². The Labute approximate surface area is 82.1 Å². The topological polar surface area (TPSA) is 74.5 Å². The van der Waals surface area contributed by atoms with E-state index in [1.165, 1.54) is 18.4 Å². The van der Waals surface area contributed by atoms with Gasteiger partial charge in [0.25, 0.3) is 0 Å². The van der Waals surface area contributed by atoms with Crippen LogP contribution in [0, 0.1) is 0 Å². The molecule has 1 aromatic rings. The van der Waals surface area contributed by atoms with Crippen LogP contribution in [0.25, 0.3) is 0 Å². The number of carbonyl (C=O) groups is 1. The molecule has 0 unspecified atom stereocenters. The first kappa shape index (κ1) is 10.7. The molecule has 0 amide bonds. The van der Waals surface area contributed by atoms with Gasteiger partial charge in [-0.25, -0.2) is 4.79 Å². The molecule has 0 atom stereocenters. The molecule has 5 heteroatoms. The quantitative estimate of drug-likeness (QED) is 0.599. The van der Waals surface area contributed by atoms with Crippen LogP contribution in [0.1, 0.15) is 10.6 Å². The highest BCUT2D eigenvalue weighted by molar-refractivity contribution is 5.84. The summed E-state index contributed by atoms with van der Waals surface area (Å²) in [6.07, 6.45) is 1.32. The molecule has 0 spiro atoms. The summed E-state index contributed by atoms with van der Waals surface area (Å²) >= 11 is 0. The van der Waals surface area contributed by atoms with Gasteiger partial charge in [-0.3, -0.25) is 0 Å². The summed E-state index contributed by atoms with van der Waals surface area (Å²) < 4.78 is 4.50. The number of piperazine rings is 1. The number of carboxylic acid groups (broad SMARTS) is 1. The van der Waals surface area contributed by atoms with E-state index in [9.17, 15) is 4.79 Å². The van der Waals surface area contributed by atoms with Crippen molar-refractivity contribution in [2.75, 3.05) is 26.2 Å². The molecular weight excluding hydrogens is 184 g/mol. The molecular formula is C9H14N2O3. The van der Waals surface area contributed by atoms with Crippen LogP contribution in [0.4, 0.5) is 0 Å². The molecule has 2 rings (SSSR count). The maximum atomic E-state index is 9.97. The molecule has 0 aliphatic carbocycles. The van der Waals surface area contributed by atoms with E-state index in [2.05, 4.69) is 15.1 Å². The maximum absolute atomic E-state index is 9.97. The van der Waals surface area contributed by atoms with Crippen molar-refractivity contribution in [3.63, 3.8) is 0 Å². The summed E-state index contributed by atoms with van der Waals surface area (Å²) in [5, 5.41) is 14.6. The number of rotatable bonds is 1. The number of hydrogen-bond donors (Lipinski definition) is 3. The van der Waals surface area contributed by atoms with Crippen LogP contribution in [-0.2, 0) is 0 Å². The Morgan fingerprint density at radius 3 is 2.07 bits per heavy atom. The molecule has 2 heterocycles. The lowest BCUT2D eigenvalue weighted by molar-refractivity contribution is 0.0662. The molecule has 0 radical (unpaired) electrons. The molecule has 1 aliphatic rings. The Hall–Kier alpha value is -1.33. The van der Waals surface area contributed by atoms with E-state index in [1.54, 1.807) is 0 Å². The zero-order valence-corrected chi connectivity index (χ0v) is 7.82. The van der Waals surface area contributed by atoms with E-state index in [-0.39, 0.29) is 5.76 Å². The maximum Gasteiger partial charge on any atom is 0.371 e. The number of carboxylic acids is 1. The summed E-state index contributed by atoms with van der Waals surface area (Å²) in [6, 6.07) is 2.92. The summed E-state index contributed by atoms with van der Waals surface area (Å²) in [5.41, 5.74) is 0. The Morgan fingerprint density at radius 2 is 1.86 bits per heavy atom. The van der Waals surface area contributed by atoms with Crippen molar-refractivity contribution in [3.05, 3.63) is 24.2 Å². The Morgan fingerprint density at radius 1 is 1.29 bits per heavy atom. The second-order valence-electron chi connectivity index (χ2n) is 2.78. The standard InChI is InChI=1S/C5H4O3.C4H10N2/c6-5(7)4-2-1-3-8-4;1-2-6-4-3-5-1/h1-3H,(H,6,7);5-6H,1-4H2. The average molecular weight is 198 g/mol. The molecule has 0 bridgehead atoms. The molecule has 1 saturated heterocycles. The highest BCUT2D eigenvalue weighted by Gasteiger charge is 2.01. The van der Waals surface area contributed by atoms with Crippen molar-refractivity contribution in [2.45, 2.75) is 0 Å². The van der Waals surface area contributed by atoms with Gasteiger partial charge in [0, 0.05) is 26.2 Å². The number of hydrogen-bond acceptors (Lipinski definition) is 4. The third-order valence-electron chi connectivity index (χ3n) is 1.69. The van der Waals surface area contributed by atoms with E-state index in [0.717, 1.165) is 26.2 Å². The summed E-state index contributed by atoms with van der Waals surface area (Å²) in [6.45, 7) is 4.56. The van der Waals surface area contributed by atoms with E-state index < -0.39 is 5.97 Å². The van der Waals surface area contributed by atoms with Crippen LogP contribution in [0.5, 0.6) is 0 Å². The molecule has 78 valence electrons. The summed E-state index contributed by atoms with van der Waals surface area (Å²) in [7, 11) is 0. The average Bonchev–Trinajstić information content (AvgIpc) is 2.74. The summed E-state index contributed by atoms with van der Waals surface area (Å²) in [5.74, 6) is -1.06. The van der Waals surface area contributed by atoms with Gasteiger partial charge in [-0.1, -0.05) is 0 Å².